The van der Waals surface area contributed by atoms with E-state index in [4.69, 9.17) is 27.9 Å². The first kappa shape index (κ1) is 26.4. The number of rotatable bonds is 12. The Kier molecular flexibility index (Phi) is 9.35. The summed E-state index contributed by atoms with van der Waals surface area (Å²) < 4.78 is 6.11. The lowest BCUT2D eigenvalue weighted by Gasteiger charge is -2.21. The van der Waals surface area contributed by atoms with E-state index < -0.39 is 0 Å². The zero-order valence-electron chi connectivity index (χ0n) is 20.4. The summed E-state index contributed by atoms with van der Waals surface area (Å²) in [5, 5.41) is 20.9. The van der Waals surface area contributed by atoms with Crippen LogP contribution in [0.4, 0.5) is 5.69 Å². The molecular weight excluding hydrogens is 511 g/mol. The van der Waals surface area contributed by atoms with Crippen LogP contribution in [0.1, 0.15) is 42.4 Å². The fourth-order valence-electron chi connectivity index (χ4n) is 3.77. The number of unbranched alkanes of at least 4 members (excludes halogenated alkanes) is 1. The van der Waals surface area contributed by atoms with Gasteiger partial charge in [0.25, 0.3) is 5.91 Å². The van der Waals surface area contributed by atoms with E-state index in [2.05, 4.69) is 38.2 Å². The van der Waals surface area contributed by atoms with Crippen molar-refractivity contribution in [1.29, 1.82) is 0 Å². The molecule has 8 nitrogen and oxygen atoms in total. The fourth-order valence-corrected chi connectivity index (χ4v) is 4.29. The van der Waals surface area contributed by atoms with Gasteiger partial charge >= 0.3 is 0 Å². The Morgan fingerprint density at radius 1 is 1.05 bits per heavy atom. The van der Waals surface area contributed by atoms with Crippen LogP contribution in [0.2, 0.25) is 10.0 Å². The summed E-state index contributed by atoms with van der Waals surface area (Å²) in [6.07, 6.45) is 3.13. The van der Waals surface area contributed by atoms with E-state index in [-0.39, 0.29) is 18.5 Å². The molecule has 4 rings (SSSR count). The summed E-state index contributed by atoms with van der Waals surface area (Å²) in [4.78, 5) is 12.4. The van der Waals surface area contributed by atoms with Crippen molar-refractivity contribution in [3.8, 4) is 16.9 Å². The summed E-state index contributed by atoms with van der Waals surface area (Å²) in [6, 6.07) is 20.8. The number of benzene rings is 3. The molecule has 0 saturated carbocycles. The van der Waals surface area contributed by atoms with Gasteiger partial charge in [0.2, 0.25) is 0 Å². The number of hydrogen-bond donors (Lipinski definition) is 3. The van der Waals surface area contributed by atoms with Crippen LogP contribution in [0, 0.1) is 0 Å². The van der Waals surface area contributed by atoms with Crippen molar-refractivity contribution < 1.29 is 9.53 Å². The predicted molar refractivity (Wildman–Crippen MR) is 146 cm³/mol. The molecule has 37 heavy (non-hydrogen) atoms. The maximum atomic E-state index is 12.4. The van der Waals surface area contributed by atoms with E-state index in [1.807, 2.05) is 48.5 Å². The highest BCUT2D eigenvalue weighted by Gasteiger charge is 2.12. The van der Waals surface area contributed by atoms with Gasteiger partial charge in [0, 0.05) is 26.9 Å². The number of amides is 1. The lowest BCUT2D eigenvalue weighted by Crippen LogP contribution is -2.27. The van der Waals surface area contributed by atoms with E-state index in [1.54, 1.807) is 18.2 Å². The van der Waals surface area contributed by atoms with Crippen LogP contribution in [0.3, 0.4) is 0 Å². The number of aromatic nitrogens is 4. The molecule has 1 unspecified atom stereocenters. The SMILES string of the molecule is CCCCC(COc1ccc(-c2ccc(Cl)cc2Cl)cc1)Nc1ccc(C(=O)NCc2nnn[nH]2)cc1. The molecule has 0 aliphatic heterocycles. The summed E-state index contributed by atoms with van der Waals surface area (Å²) in [5.41, 5.74) is 3.40. The molecular formula is C27H28Cl2N6O2. The van der Waals surface area contributed by atoms with Gasteiger partial charge in [0.15, 0.2) is 5.82 Å². The van der Waals surface area contributed by atoms with Crippen molar-refractivity contribution in [2.24, 2.45) is 0 Å². The largest absolute Gasteiger partial charge is 0.491 e. The predicted octanol–water partition coefficient (Wildman–Crippen LogP) is 6.15. The minimum Gasteiger partial charge on any atom is -0.491 e. The van der Waals surface area contributed by atoms with Gasteiger partial charge in [-0.2, -0.15) is 0 Å². The molecule has 3 N–H and O–H groups in total. The second-order valence-electron chi connectivity index (χ2n) is 8.55. The Morgan fingerprint density at radius 3 is 2.51 bits per heavy atom. The molecule has 4 aromatic rings. The molecule has 1 heterocycles. The molecule has 0 radical (unpaired) electrons. The topological polar surface area (TPSA) is 105 Å². The molecule has 3 aromatic carbocycles. The Hall–Kier alpha value is -3.62. The first-order valence-corrected chi connectivity index (χ1v) is 12.8. The fraction of sp³-hybridized carbons (Fsp3) is 0.259. The average molecular weight is 539 g/mol. The highest BCUT2D eigenvalue weighted by atomic mass is 35.5. The third kappa shape index (κ3) is 7.68. The number of anilines is 1. The lowest BCUT2D eigenvalue weighted by atomic mass is 10.1. The molecule has 10 heteroatoms. The van der Waals surface area contributed by atoms with Crippen LogP contribution in [0.5, 0.6) is 5.75 Å². The number of aromatic amines is 1. The number of H-pyrrole nitrogens is 1. The van der Waals surface area contributed by atoms with Gasteiger partial charge < -0.3 is 15.4 Å². The summed E-state index contributed by atoms with van der Waals surface area (Å²) in [5.74, 6) is 1.08. The smallest absolute Gasteiger partial charge is 0.251 e. The second kappa shape index (κ2) is 13.1. The zero-order valence-corrected chi connectivity index (χ0v) is 21.9. The Balaban J connectivity index is 1.33. The third-order valence-electron chi connectivity index (χ3n) is 5.78. The van der Waals surface area contributed by atoms with Gasteiger partial charge in [-0.3, -0.25) is 4.79 Å². The van der Waals surface area contributed by atoms with Crippen molar-refractivity contribution >= 4 is 34.8 Å². The van der Waals surface area contributed by atoms with Gasteiger partial charge in [-0.05, 0) is 70.9 Å². The monoisotopic (exact) mass is 538 g/mol. The quantitative estimate of drug-likeness (QED) is 0.199. The Bertz CT molecular complexity index is 1280. The molecule has 1 aromatic heterocycles. The normalized spacial score (nSPS) is 11.6. The number of halogens is 2. The molecule has 0 bridgehead atoms. The molecule has 0 spiro atoms. The number of tetrazole rings is 1. The molecule has 0 fully saturated rings. The van der Waals surface area contributed by atoms with E-state index in [0.717, 1.165) is 41.8 Å². The Morgan fingerprint density at radius 2 is 1.84 bits per heavy atom. The minimum absolute atomic E-state index is 0.115. The second-order valence-corrected chi connectivity index (χ2v) is 9.39. The zero-order chi connectivity index (χ0) is 26.0. The Labute approximate surface area is 225 Å². The van der Waals surface area contributed by atoms with Gasteiger partial charge in [-0.1, -0.05) is 61.2 Å². The highest BCUT2D eigenvalue weighted by Crippen LogP contribution is 2.31. The maximum absolute atomic E-state index is 12.4. The molecule has 1 amide bonds. The minimum atomic E-state index is -0.197. The molecule has 0 aliphatic rings. The van der Waals surface area contributed by atoms with Crippen LogP contribution in [-0.2, 0) is 6.54 Å². The van der Waals surface area contributed by atoms with Crippen molar-refractivity contribution in [1.82, 2.24) is 25.9 Å². The molecule has 1 atom stereocenters. The third-order valence-corrected chi connectivity index (χ3v) is 6.33. The van der Waals surface area contributed by atoms with Crippen molar-refractivity contribution in [2.75, 3.05) is 11.9 Å². The van der Waals surface area contributed by atoms with Crippen LogP contribution < -0.4 is 15.4 Å². The summed E-state index contributed by atoms with van der Waals surface area (Å²) in [7, 11) is 0. The summed E-state index contributed by atoms with van der Waals surface area (Å²) in [6.45, 7) is 2.91. The van der Waals surface area contributed by atoms with Crippen LogP contribution in [-0.4, -0.2) is 39.2 Å². The summed E-state index contributed by atoms with van der Waals surface area (Å²) >= 11 is 12.4. The van der Waals surface area contributed by atoms with Crippen molar-refractivity contribution in [3.05, 3.63) is 88.2 Å². The van der Waals surface area contributed by atoms with E-state index in [1.165, 1.54) is 0 Å². The van der Waals surface area contributed by atoms with E-state index in [9.17, 15) is 4.79 Å². The van der Waals surface area contributed by atoms with Crippen LogP contribution >= 0.6 is 23.2 Å². The van der Waals surface area contributed by atoms with Crippen molar-refractivity contribution in [3.63, 3.8) is 0 Å². The van der Waals surface area contributed by atoms with Gasteiger partial charge in [0.05, 0.1) is 12.6 Å². The average Bonchev–Trinajstić information content (AvgIpc) is 3.43. The van der Waals surface area contributed by atoms with Crippen LogP contribution in [0.15, 0.2) is 66.7 Å². The van der Waals surface area contributed by atoms with Gasteiger partial charge in [-0.25, -0.2) is 5.10 Å². The number of ether oxygens (including phenoxy) is 1. The number of carbonyl (C=O) groups excluding carboxylic acids is 1. The molecule has 0 aliphatic carbocycles. The van der Waals surface area contributed by atoms with E-state index >= 15 is 0 Å². The highest BCUT2D eigenvalue weighted by molar-refractivity contribution is 6.36. The number of carbonyl (C=O) groups is 1. The maximum Gasteiger partial charge on any atom is 0.251 e. The number of nitrogens with one attached hydrogen (secondary N) is 3. The van der Waals surface area contributed by atoms with Crippen molar-refractivity contribution in [2.45, 2.75) is 38.8 Å². The molecule has 192 valence electrons. The number of nitrogens with zero attached hydrogens (tertiary/aromatic N) is 3. The lowest BCUT2D eigenvalue weighted by molar-refractivity contribution is 0.0950. The molecule has 0 saturated heterocycles. The standard InChI is InChI=1S/C27H28Cl2N6O2/c1-2-3-4-22(17-37-23-12-7-18(8-13-23)24-14-9-20(28)15-25(24)29)31-21-10-5-19(6-11-21)27(36)30-16-26-32-34-35-33-26/h5-15,22,31H,2-4,16-17H2,1H3,(H,30,36)(H,32,33,34,35). The van der Waals surface area contributed by atoms with Gasteiger partial charge in [0.1, 0.15) is 12.4 Å². The number of hydrogen-bond acceptors (Lipinski definition) is 6. The first-order chi connectivity index (χ1) is 18.0. The first-order valence-electron chi connectivity index (χ1n) is 12.1. The van der Waals surface area contributed by atoms with Crippen LogP contribution in [0.25, 0.3) is 11.1 Å². The van der Waals surface area contributed by atoms with E-state index in [0.29, 0.717) is 28.0 Å². The van der Waals surface area contributed by atoms with Gasteiger partial charge in [-0.15, -0.1) is 5.10 Å².